The predicted molar refractivity (Wildman–Crippen MR) is 95.1 cm³/mol. The number of hydrogen-bond donors (Lipinski definition) is 0. The summed E-state index contributed by atoms with van der Waals surface area (Å²) in [5.41, 5.74) is 0.461. The standard InChI is InChI=1S/C14H9ClI2O3/c1-19-9-2-4-10(5-3-9)20-13-11(16)6-8(14(15)18)7-12(13)17/h2-7H,1H3. The van der Waals surface area contributed by atoms with Gasteiger partial charge in [-0.25, -0.2) is 0 Å². The summed E-state index contributed by atoms with van der Waals surface area (Å²) >= 11 is 9.73. The first-order chi connectivity index (χ1) is 9.51. The molecular formula is C14H9ClI2O3. The maximum absolute atomic E-state index is 11.2. The van der Waals surface area contributed by atoms with Gasteiger partial charge in [0.05, 0.1) is 14.3 Å². The summed E-state index contributed by atoms with van der Waals surface area (Å²) in [5, 5.41) is -0.475. The van der Waals surface area contributed by atoms with Crippen LogP contribution in [0.5, 0.6) is 17.2 Å². The van der Waals surface area contributed by atoms with Gasteiger partial charge >= 0.3 is 0 Å². The largest absolute Gasteiger partial charge is 0.497 e. The number of carbonyl (C=O) groups is 1. The van der Waals surface area contributed by atoms with Gasteiger partial charge in [-0.05, 0) is 93.2 Å². The lowest BCUT2D eigenvalue weighted by molar-refractivity contribution is 0.108. The molecule has 2 rings (SSSR count). The van der Waals surface area contributed by atoms with Crippen molar-refractivity contribution >= 4 is 62.0 Å². The fourth-order valence-corrected chi connectivity index (χ4v) is 3.63. The van der Waals surface area contributed by atoms with Gasteiger partial charge < -0.3 is 9.47 Å². The van der Waals surface area contributed by atoms with Crippen LogP contribution in [0.4, 0.5) is 0 Å². The van der Waals surface area contributed by atoms with Gasteiger partial charge in [0.15, 0.2) is 5.75 Å². The van der Waals surface area contributed by atoms with Crippen molar-refractivity contribution in [3.05, 3.63) is 49.1 Å². The molecule has 0 aliphatic heterocycles. The highest BCUT2D eigenvalue weighted by Gasteiger charge is 2.13. The summed E-state index contributed by atoms with van der Waals surface area (Å²) < 4.78 is 12.6. The fraction of sp³-hybridized carbons (Fsp3) is 0.0714. The molecule has 2 aromatic rings. The van der Waals surface area contributed by atoms with E-state index in [1.807, 2.05) is 24.3 Å². The highest BCUT2D eigenvalue weighted by atomic mass is 127. The molecule has 0 spiro atoms. The van der Waals surface area contributed by atoms with Gasteiger partial charge in [0, 0.05) is 5.56 Å². The molecule has 0 fully saturated rings. The lowest BCUT2D eigenvalue weighted by Crippen LogP contribution is -1.96. The van der Waals surface area contributed by atoms with Gasteiger partial charge in [-0.3, -0.25) is 4.79 Å². The first-order valence-electron chi connectivity index (χ1n) is 5.52. The van der Waals surface area contributed by atoms with E-state index in [2.05, 4.69) is 45.2 Å². The number of benzene rings is 2. The second kappa shape index (κ2) is 6.95. The van der Waals surface area contributed by atoms with E-state index in [1.54, 1.807) is 19.2 Å². The smallest absolute Gasteiger partial charge is 0.252 e. The van der Waals surface area contributed by atoms with Crippen molar-refractivity contribution in [1.82, 2.24) is 0 Å². The normalized spacial score (nSPS) is 10.2. The minimum Gasteiger partial charge on any atom is -0.497 e. The molecule has 0 atom stereocenters. The van der Waals surface area contributed by atoms with E-state index < -0.39 is 5.24 Å². The van der Waals surface area contributed by atoms with Crippen molar-refractivity contribution < 1.29 is 14.3 Å². The second-order valence-corrected chi connectivity index (χ2v) is 6.49. The number of ether oxygens (including phenoxy) is 2. The van der Waals surface area contributed by atoms with E-state index in [0.29, 0.717) is 17.1 Å². The van der Waals surface area contributed by atoms with E-state index in [9.17, 15) is 4.79 Å². The molecule has 2 aromatic carbocycles. The van der Waals surface area contributed by atoms with Crippen LogP contribution in [0.3, 0.4) is 0 Å². The Morgan fingerprint density at radius 2 is 1.55 bits per heavy atom. The summed E-state index contributed by atoms with van der Waals surface area (Å²) in [5.74, 6) is 2.18. The monoisotopic (exact) mass is 514 g/mol. The number of halogens is 3. The van der Waals surface area contributed by atoms with Crippen LogP contribution in [-0.4, -0.2) is 12.4 Å². The topological polar surface area (TPSA) is 35.5 Å². The van der Waals surface area contributed by atoms with Crippen LogP contribution in [0.1, 0.15) is 10.4 Å². The Balaban J connectivity index is 2.30. The lowest BCUT2D eigenvalue weighted by Gasteiger charge is -2.11. The molecule has 0 radical (unpaired) electrons. The van der Waals surface area contributed by atoms with E-state index in [1.165, 1.54) is 0 Å². The highest BCUT2D eigenvalue weighted by Crippen LogP contribution is 2.33. The third-order valence-corrected chi connectivity index (χ3v) is 4.33. The third kappa shape index (κ3) is 3.76. The van der Waals surface area contributed by atoms with Crippen molar-refractivity contribution in [3.63, 3.8) is 0 Å². The maximum Gasteiger partial charge on any atom is 0.252 e. The summed E-state index contributed by atoms with van der Waals surface area (Å²) in [4.78, 5) is 11.2. The number of carbonyl (C=O) groups excluding carboxylic acids is 1. The summed E-state index contributed by atoms with van der Waals surface area (Å²) in [7, 11) is 1.61. The van der Waals surface area contributed by atoms with Gasteiger partial charge in [0.25, 0.3) is 5.24 Å². The minimum atomic E-state index is -0.475. The van der Waals surface area contributed by atoms with Gasteiger partial charge in [0.2, 0.25) is 0 Å². The van der Waals surface area contributed by atoms with Crippen molar-refractivity contribution in [1.29, 1.82) is 0 Å². The van der Waals surface area contributed by atoms with Crippen LogP contribution in [0.15, 0.2) is 36.4 Å². The molecule has 0 aromatic heterocycles. The predicted octanol–water partition coefficient (Wildman–Crippen LogP) is 5.08. The number of hydrogen-bond acceptors (Lipinski definition) is 3. The number of rotatable bonds is 4. The van der Waals surface area contributed by atoms with E-state index >= 15 is 0 Å². The van der Waals surface area contributed by atoms with Gasteiger partial charge in [-0.2, -0.15) is 0 Å². The van der Waals surface area contributed by atoms with Gasteiger partial charge in [-0.1, -0.05) is 0 Å². The van der Waals surface area contributed by atoms with Crippen LogP contribution in [0, 0.1) is 7.14 Å². The van der Waals surface area contributed by atoms with Crippen molar-refractivity contribution in [2.75, 3.05) is 7.11 Å². The first-order valence-corrected chi connectivity index (χ1v) is 8.05. The highest BCUT2D eigenvalue weighted by molar-refractivity contribution is 14.1. The van der Waals surface area contributed by atoms with Crippen LogP contribution < -0.4 is 9.47 Å². The molecular weight excluding hydrogens is 505 g/mol. The lowest BCUT2D eigenvalue weighted by atomic mass is 10.2. The second-order valence-electron chi connectivity index (χ2n) is 3.82. The Labute approximate surface area is 148 Å². The molecule has 104 valence electrons. The van der Waals surface area contributed by atoms with Crippen molar-refractivity contribution in [3.8, 4) is 17.2 Å². The molecule has 0 bridgehead atoms. The van der Waals surface area contributed by atoms with Crippen LogP contribution in [0.25, 0.3) is 0 Å². The zero-order valence-electron chi connectivity index (χ0n) is 10.3. The SMILES string of the molecule is COc1ccc(Oc2c(I)cc(C(=O)Cl)cc2I)cc1. The summed E-state index contributed by atoms with van der Waals surface area (Å²) in [6.07, 6.45) is 0. The average Bonchev–Trinajstić information content (AvgIpc) is 2.43. The molecule has 0 saturated heterocycles. The zero-order chi connectivity index (χ0) is 14.7. The number of methoxy groups -OCH3 is 1. The molecule has 0 unspecified atom stereocenters. The Kier molecular flexibility index (Phi) is 5.50. The van der Waals surface area contributed by atoms with Crippen LogP contribution >= 0.6 is 56.8 Å². The summed E-state index contributed by atoms with van der Waals surface area (Å²) in [6.45, 7) is 0. The quantitative estimate of drug-likeness (QED) is 0.422. The molecule has 0 aliphatic rings. The maximum atomic E-state index is 11.2. The molecule has 3 nitrogen and oxygen atoms in total. The zero-order valence-corrected chi connectivity index (χ0v) is 15.4. The Morgan fingerprint density at radius 3 is 2.00 bits per heavy atom. The molecule has 6 heteroatoms. The third-order valence-electron chi connectivity index (χ3n) is 2.50. The molecule has 20 heavy (non-hydrogen) atoms. The van der Waals surface area contributed by atoms with E-state index in [4.69, 9.17) is 21.1 Å². The van der Waals surface area contributed by atoms with Gasteiger partial charge in [-0.15, -0.1) is 0 Å². The van der Waals surface area contributed by atoms with Crippen LogP contribution in [-0.2, 0) is 0 Å². The Morgan fingerprint density at radius 1 is 1.05 bits per heavy atom. The minimum absolute atomic E-state index is 0.461. The Bertz CT molecular complexity index is 618. The molecule has 0 N–H and O–H groups in total. The first kappa shape index (κ1) is 15.8. The molecule has 0 amide bonds. The molecule has 0 saturated carbocycles. The van der Waals surface area contributed by atoms with Crippen molar-refractivity contribution in [2.24, 2.45) is 0 Å². The molecule has 0 aliphatic carbocycles. The van der Waals surface area contributed by atoms with E-state index in [-0.39, 0.29) is 0 Å². The summed E-state index contributed by atoms with van der Waals surface area (Å²) in [6, 6.07) is 10.7. The van der Waals surface area contributed by atoms with Crippen molar-refractivity contribution in [2.45, 2.75) is 0 Å². The fourth-order valence-electron chi connectivity index (χ4n) is 1.53. The van der Waals surface area contributed by atoms with Gasteiger partial charge in [0.1, 0.15) is 11.5 Å². The Hall–Kier alpha value is -0.540. The molecule has 0 heterocycles. The van der Waals surface area contributed by atoms with Crippen LogP contribution in [0.2, 0.25) is 0 Å². The average molecular weight is 514 g/mol. The van der Waals surface area contributed by atoms with E-state index in [0.717, 1.165) is 12.9 Å².